The van der Waals surface area contributed by atoms with E-state index in [2.05, 4.69) is 10.9 Å². The van der Waals surface area contributed by atoms with E-state index in [1.54, 1.807) is 24.3 Å². The molecular formula is C20H23FN2O5. The fraction of sp³-hybridized carbons (Fsp3) is 0.300. The number of hydrazine groups is 1. The van der Waals surface area contributed by atoms with Gasteiger partial charge in [-0.25, -0.2) is 4.39 Å². The summed E-state index contributed by atoms with van der Waals surface area (Å²) in [6, 6.07) is 12.3. The van der Waals surface area contributed by atoms with Gasteiger partial charge in [0.25, 0.3) is 11.8 Å². The van der Waals surface area contributed by atoms with Crippen molar-refractivity contribution >= 4 is 11.8 Å². The van der Waals surface area contributed by atoms with E-state index in [-0.39, 0.29) is 6.61 Å². The van der Waals surface area contributed by atoms with Crippen LogP contribution in [0, 0.1) is 5.82 Å². The van der Waals surface area contributed by atoms with Gasteiger partial charge in [0.05, 0.1) is 6.61 Å². The van der Waals surface area contributed by atoms with Crippen LogP contribution in [0.25, 0.3) is 0 Å². The van der Waals surface area contributed by atoms with Crippen LogP contribution in [0.3, 0.4) is 0 Å². The van der Waals surface area contributed by atoms with Gasteiger partial charge in [0.2, 0.25) is 0 Å². The smallest absolute Gasteiger partial charge is 0.279 e. The Morgan fingerprint density at radius 3 is 2.29 bits per heavy atom. The van der Waals surface area contributed by atoms with Gasteiger partial charge in [-0.1, -0.05) is 19.1 Å². The lowest BCUT2D eigenvalue weighted by atomic mass is 10.3. The van der Waals surface area contributed by atoms with Gasteiger partial charge in [0.15, 0.2) is 24.2 Å². The quantitative estimate of drug-likeness (QED) is 0.643. The van der Waals surface area contributed by atoms with Gasteiger partial charge >= 0.3 is 0 Å². The minimum absolute atomic E-state index is 0.306. The minimum atomic E-state index is -0.894. The van der Waals surface area contributed by atoms with Crippen LogP contribution in [0.5, 0.6) is 17.2 Å². The van der Waals surface area contributed by atoms with Crippen molar-refractivity contribution in [3.63, 3.8) is 0 Å². The topological polar surface area (TPSA) is 85.9 Å². The molecule has 28 heavy (non-hydrogen) atoms. The summed E-state index contributed by atoms with van der Waals surface area (Å²) in [5.74, 6) is -0.203. The maximum Gasteiger partial charge on any atom is 0.279 e. The summed E-state index contributed by atoms with van der Waals surface area (Å²) in [4.78, 5) is 23.9. The molecule has 2 amide bonds. The molecule has 0 unspecified atom stereocenters. The zero-order valence-corrected chi connectivity index (χ0v) is 15.7. The molecule has 0 heterocycles. The van der Waals surface area contributed by atoms with Crippen LogP contribution in [-0.4, -0.2) is 31.1 Å². The van der Waals surface area contributed by atoms with Crippen LogP contribution in [-0.2, 0) is 9.59 Å². The summed E-state index contributed by atoms with van der Waals surface area (Å²) in [7, 11) is 0. The van der Waals surface area contributed by atoms with E-state index in [1.807, 2.05) is 6.92 Å². The van der Waals surface area contributed by atoms with Crippen LogP contribution < -0.4 is 25.1 Å². The highest BCUT2D eigenvalue weighted by Gasteiger charge is 2.16. The third-order valence-electron chi connectivity index (χ3n) is 3.49. The second kappa shape index (κ2) is 10.8. The Bertz CT molecular complexity index is 782. The largest absolute Gasteiger partial charge is 0.490 e. The van der Waals surface area contributed by atoms with E-state index in [1.165, 1.54) is 31.2 Å². The lowest BCUT2D eigenvalue weighted by Crippen LogP contribution is -2.48. The summed E-state index contributed by atoms with van der Waals surface area (Å²) in [5, 5.41) is 0. The molecule has 0 bridgehead atoms. The van der Waals surface area contributed by atoms with Crippen LogP contribution in [0.1, 0.15) is 20.3 Å². The fourth-order valence-corrected chi connectivity index (χ4v) is 2.08. The first-order chi connectivity index (χ1) is 13.5. The second-order valence-electron chi connectivity index (χ2n) is 5.84. The third-order valence-corrected chi connectivity index (χ3v) is 3.49. The number of nitrogens with one attached hydrogen (secondary N) is 2. The first-order valence-electron chi connectivity index (χ1n) is 8.85. The van der Waals surface area contributed by atoms with Crippen LogP contribution >= 0.6 is 0 Å². The Balaban J connectivity index is 1.76. The number of ether oxygens (including phenoxy) is 3. The standard InChI is InChI=1S/C20H23FN2O5/c1-3-12-26-17-6-4-5-7-18(17)27-13-19(24)22-23-20(25)14(2)28-16-10-8-15(21)9-11-16/h4-11,14H,3,12-13H2,1-2H3,(H,22,24)(H,23,25)/t14-/m1/s1. The summed E-state index contributed by atoms with van der Waals surface area (Å²) in [5.41, 5.74) is 4.50. The number of halogens is 1. The molecule has 2 rings (SSSR count). The zero-order valence-electron chi connectivity index (χ0n) is 15.7. The minimum Gasteiger partial charge on any atom is -0.490 e. The second-order valence-corrected chi connectivity index (χ2v) is 5.84. The summed E-state index contributed by atoms with van der Waals surface area (Å²) in [6.45, 7) is 3.72. The first-order valence-corrected chi connectivity index (χ1v) is 8.85. The van der Waals surface area contributed by atoms with E-state index in [0.29, 0.717) is 23.9 Å². The highest BCUT2D eigenvalue weighted by Crippen LogP contribution is 2.26. The molecule has 2 aromatic rings. The predicted octanol–water partition coefficient (Wildman–Crippen LogP) is 2.61. The molecule has 1 atom stereocenters. The first kappa shape index (κ1) is 21.0. The van der Waals surface area contributed by atoms with E-state index in [9.17, 15) is 14.0 Å². The van der Waals surface area contributed by atoms with Crippen molar-refractivity contribution in [3.8, 4) is 17.2 Å². The van der Waals surface area contributed by atoms with Gasteiger partial charge in [-0.3, -0.25) is 20.4 Å². The molecule has 0 spiro atoms. The molecule has 8 heteroatoms. The van der Waals surface area contributed by atoms with Crippen molar-refractivity contribution in [1.29, 1.82) is 0 Å². The Labute approximate surface area is 162 Å². The molecule has 0 radical (unpaired) electrons. The zero-order chi connectivity index (χ0) is 20.4. The van der Waals surface area contributed by atoms with Crippen molar-refractivity contribution in [3.05, 3.63) is 54.3 Å². The maximum atomic E-state index is 12.9. The van der Waals surface area contributed by atoms with Gasteiger partial charge in [-0.2, -0.15) is 0 Å². The molecule has 150 valence electrons. The maximum absolute atomic E-state index is 12.9. The molecule has 0 fully saturated rings. The number of rotatable bonds is 9. The highest BCUT2D eigenvalue weighted by molar-refractivity contribution is 5.85. The molecule has 0 saturated carbocycles. The molecule has 0 aliphatic heterocycles. The Hall–Kier alpha value is -3.29. The predicted molar refractivity (Wildman–Crippen MR) is 100 cm³/mol. The SMILES string of the molecule is CCCOc1ccccc1OCC(=O)NNC(=O)[C@@H](C)Oc1ccc(F)cc1. The number of para-hydroxylation sites is 2. The van der Waals surface area contributed by atoms with E-state index < -0.39 is 23.7 Å². The van der Waals surface area contributed by atoms with E-state index in [4.69, 9.17) is 14.2 Å². The van der Waals surface area contributed by atoms with Gasteiger partial charge < -0.3 is 14.2 Å². The Kier molecular flexibility index (Phi) is 8.08. The van der Waals surface area contributed by atoms with E-state index >= 15 is 0 Å². The van der Waals surface area contributed by atoms with Crippen molar-refractivity contribution in [2.24, 2.45) is 0 Å². The Morgan fingerprint density at radius 2 is 1.64 bits per heavy atom. The van der Waals surface area contributed by atoms with Gasteiger partial charge in [0, 0.05) is 0 Å². The van der Waals surface area contributed by atoms with Gasteiger partial charge in [-0.05, 0) is 49.7 Å². The molecule has 2 N–H and O–H groups in total. The number of carbonyl (C=O) groups is 2. The fourth-order valence-electron chi connectivity index (χ4n) is 2.08. The number of hydrogen-bond donors (Lipinski definition) is 2. The highest BCUT2D eigenvalue weighted by atomic mass is 19.1. The van der Waals surface area contributed by atoms with Crippen LogP contribution in [0.4, 0.5) is 4.39 Å². The average molecular weight is 390 g/mol. The number of amides is 2. The number of benzene rings is 2. The molecule has 0 saturated heterocycles. The van der Waals surface area contributed by atoms with Crippen molar-refractivity contribution in [2.45, 2.75) is 26.4 Å². The monoisotopic (exact) mass is 390 g/mol. The normalized spacial score (nSPS) is 11.2. The lowest BCUT2D eigenvalue weighted by Gasteiger charge is -2.15. The van der Waals surface area contributed by atoms with Crippen molar-refractivity contribution in [1.82, 2.24) is 10.9 Å². The van der Waals surface area contributed by atoms with Crippen LogP contribution in [0.2, 0.25) is 0 Å². The summed E-state index contributed by atoms with van der Waals surface area (Å²) in [6.07, 6.45) is -0.0474. The lowest BCUT2D eigenvalue weighted by molar-refractivity contribution is -0.133. The van der Waals surface area contributed by atoms with E-state index in [0.717, 1.165) is 6.42 Å². The van der Waals surface area contributed by atoms with Crippen LogP contribution in [0.15, 0.2) is 48.5 Å². The third kappa shape index (κ3) is 6.79. The summed E-state index contributed by atoms with van der Waals surface area (Å²) >= 11 is 0. The molecule has 2 aromatic carbocycles. The average Bonchev–Trinajstić information content (AvgIpc) is 2.71. The Morgan fingerprint density at radius 1 is 1.00 bits per heavy atom. The van der Waals surface area contributed by atoms with Crippen molar-refractivity contribution < 1.29 is 28.2 Å². The number of carbonyl (C=O) groups excluding carboxylic acids is 2. The summed E-state index contributed by atoms with van der Waals surface area (Å²) < 4.78 is 29.2. The number of hydrogen-bond acceptors (Lipinski definition) is 5. The molecule has 0 aliphatic rings. The molecule has 0 aromatic heterocycles. The van der Waals surface area contributed by atoms with Gasteiger partial charge in [-0.15, -0.1) is 0 Å². The van der Waals surface area contributed by atoms with Gasteiger partial charge in [0.1, 0.15) is 11.6 Å². The molecule has 7 nitrogen and oxygen atoms in total. The molecular weight excluding hydrogens is 367 g/mol. The molecule has 0 aliphatic carbocycles. The van der Waals surface area contributed by atoms with Crippen molar-refractivity contribution in [2.75, 3.05) is 13.2 Å².